The number of hydrogen-bond donors (Lipinski definition) is 1. The van der Waals surface area contributed by atoms with E-state index in [1.165, 1.54) is 0 Å². The first-order valence-electron chi connectivity index (χ1n) is 12.7. The smallest absolute Gasteiger partial charge is 0.271 e. The third-order valence-electron chi connectivity index (χ3n) is 7.52. The first kappa shape index (κ1) is 23.5. The molecule has 0 spiro atoms. The highest BCUT2D eigenvalue weighted by Crippen LogP contribution is 2.35. The Balaban J connectivity index is 1.46. The molecule has 3 heterocycles. The molecule has 1 aliphatic carbocycles. The van der Waals surface area contributed by atoms with Gasteiger partial charge in [-0.15, -0.1) is 0 Å². The molecule has 2 aromatic heterocycles. The van der Waals surface area contributed by atoms with E-state index >= 15 is 0 Å². The Kier molecular flexibility index (Phi) is 6.11. The topological polar surface area (TPSA) is 76.7 Å². The third kappa shape index (κ3) is 4.44. The second-order valence-electron chi connectivity index (χ2n) is 10.7. The summed E-state index contributed by atoms with van der Waals surface area (Å²) in [5.41, 5.74) is 1.96. The molecule has 0 bridgehead atoms. The highest BCUT2D eigenvalue weighted by atomic mass is 16.5. The average molecular weight is 478 g/mol. The molecule has 0 saturated heterocycles. The van der Waals surface area contributed by atoms with Crippen molar-refractivity contribution >= 4 is 22.9 Å². The van der Waals surface area contributed by atoms with Crippen molar-refractivity contribution in [3.05, 3.63) is 53.9 Å². The van der Waals surface area contributed by atoms with Crippen LogP contribution in [0.3, 0.4) is 0 Å². The van der Waals surface area contributed by atoms with Crippen LogP contribution in [0.2, 0.25) is 0 Å². The number of rotatable bonds is 6. The summed E-state index contributed by atoms with van der Waals surface area (Å²) < 4.78 is 13.3. The van der Waals surface area contributed by atoms with Gasteiger partial charge in [0.25, 0.3) is 5.91 Å². The van der Waals surface area contributed by atoms with Crippen LogP contribution < -0.4 is 10.1 Å². The van der Waals surface area contributed by atoms with E-state index < -0.39 is 5.54 Å². The van der Waals surface area contributed by atoms with Crippen LogP contribution in [0.5, 0.6) is 5.75 Å². The number of aromatic nitrogens is 1. The summed E-state index contributed by atoms with van der Waals surface area (Å²) in [6.45, 7) is 8.84. The highest BCUT2D eigenvalue weighted by Gasteiger charge is 2.48. The highest BCUT2D eigenvalue weighted by molar-refractivity contribution is 6.02. The van der Waals surface area contributed by atoms with Crippen LogP contribution in [0.4, 0.5) is 0 Å². The van der Waals surface area contributed by atoms with Gasteiger partial charge in [-0.3, -0.25) is 9.59 Å². The predicted molar refractivity (Wildman–Crippen MR) is 134 cm³/mol. The molecule has 7 nitrogen and oxygen atoms in total. The zero-order valence-electron chi connectivity index (χ0n) is 21.0. The van der Waals surface area contributed by atoms with Crippen molar-refractivity contribution in [2.45, 2.75) is 84.2 Å². The molecule has 3 aromatic rings. The maximum Gasteiger partial charge on any atom is 0.271 e. The van der Waals surface area contributed by atoms with Crippen LogP contribution >= 0.6 is 0 Å². The van der Waals surface area contributed by atoms with E-state index in [2.05, 4.69) is 12.2 Å². The molecule has 1 atom stereocenters. The Bertz CT molecular complexity index is 1220. The van der Waals surface area contributed by atoms with Crippen LogP contribution in [-0.2, 0) is 17.9 Å². The largest absolute Gasteiger partial charge is 0.491 e. The lowest BCUT2D eigenvalue weighted by molar-refractivity contribution is -0.134. The van der Waals surface area contributed by atoms with Gasteiger partial charge in [0, 0.05) is 24.7 Å². The Morgan fingerprint density at radius 2 is 1.89 bits per heavy atom. The number of ether oxygens (including phenoxy) is 1. The predicted octanol–water partition coefficient (Wildman–Crippen LogP) is 5.13. The van der Waals surface area contributed by atoms with E-state index in [0.717, 1.165) is 42.5 Å². The van der Waals surface area contributed by atoms with E-state index in [-0.39, 0.29) is 24.0 Å². The molecule has 2 aliphatic rings. The fourth-order valence-corrected chi connectivity index (χ4v) is 5.39. The molecular weight excluding hydrogens is 442 g/mol. The van der Waals surface area contributed by atoms with Gasteiger partial charge in [0.1, 0.15) is 17.0 Å². The van der Waals surface area contributed by atoms with Crippen LogP contribution in [0.1, 0.15) is 69.4 Å². The zero-order valence-corrected chi connectivity index (χ0v) is 21.0. The van der Waals surface area contributed by atoms with E-state index in [9.17, 15) is 9.59 Å². The average Bonchev–Trinajstić information content (AvgIpc) is 3.41. The van der Waals surface area contributed by atoms with E-state index in [0.29, 0.717) is 30.3 Å². The maximum absolute atomic E-state index is 13.8. The van der Waals surface area contributed by atoms with Gasteiger partial charge in [-0.25, -0.2) is 0 Å². The van der Waals surface area contributed by atoms with E-state index in [1.54, 1.807) is 17.2 Å². The number of furan rings is 1. The molecule has 1 N–H and O–H groups in total. The number of nitrogens with zero attached hydrogens (tertiary/aromatic N) is 2. The van der Waals surface area contributed by atoms with Crippen molar-refractivity contribution in [1.82, 2.24) is 14.8 Å². The van der Waals surface area contributed by atoms with E-state index in [4.69, 9.17) is 9.15 Å². The Morgan fingerprint density at radius 1 is 1.17 bits per heavy atom. The van der Waals surface area contributed by atoms with Crippen molar-refractivity contribution in [2.75, 3.05) is 0 Å². The lowest BCUT2D eigenvalue weighted by Gasteiger charge is -2.45. The fraction of sp³-hybridized carbons (Fsp3) is 0.500. The minimum Gasteiger partial charge on any atom is -0.491 e. The summed E-state index contributed by atoms with van der Waals surface area (Å²) in [5.74, 6) is 1.22. The SMILES string of the molecule is CC1CCC(NC(=O)[C@]2(C)Cn3c(cc4occc43)C(=O)N2Cc2ccc(OC(C)C)cc2)CC1. The van der Waals surface area contributed by atoms with Crippen molar-refractivity contribution in [2.24, 2.45) is 5.92 Å². The van der Waals surface area contributed by atoms with Crippen molar-refractivity contribution in [1.29, 1.82) is 0 Å². The van der Waals surface area contributed by atoms with Crippen molar-refractivity contribution in [3.63, 3.8) is 0 Å². The lowest BCUT2D eigenvalue weighted by Crippen LogP contribution is -2.64. The minimum atomic E-state index is -1.04. The summed E-state index contributed by atoms with van der Waals surface area (Å²) in [5, 5.41) is 3.29. The normalized spacial score (nSPS) is 24.6. The second kappa shape index (κ2) is 9.10. The van der Waals surface area contributed by atoms with Gasteiger partial charge < -0.3 is 23.9 Å². The van der Waals surface area contributed by atoms with Gasteiger partial charge in [0.2, 0.25) is 5.91 Å². The zero-order chi connectivity index (χ0) is 24.7. The molecule has 1 fully saturated rings. The summed E-state index contributed by atoms with van der Waals surface area (Å²) in [7, 11) is 0. The standard InChI is InChI=1S/C28H35N3O4/c1-18(2)35-22-11-7-20(8-12-22)16-31-26(32)24-15-25-23(13-14-34-25)30(24)17-28(31,4)27(33)29-21-9-5-19(3)6-10-21/h7-8,11-15,18-19,21H,5-6,9-10,16-17H2,1-4H3,(H,29,33)/t19?,21?,28-/m0/s1. The quantitative estimate of drug-likeness (QED) is 0.534. The van der Waals surface area contributed by atoms with Gasteiger partial charge in [-0.2, -0.15) is 0 Å². The fourth-order valence-electron chi connectivity index (χ4n) is 5.39. The van der Waals surface area contributed by atoms with Crippen LogP contribution in [0.15, 0.2) is 47.1 Å². The van der Waals surface area contributed by atoms with Crippen LogP contribution in [0.25, 0.3) is 11.1 Å². The monoisotopic (exact) mass is 477 g/mol. The van der Waals surface area contributed by atoms with E-state index in [1.807, 2.05) is 55.7 Å². The van der Waals surface area contributed by atoms with Gasteiger partial charge in [-0.1, -0.05) is 19.1 Å². The molecular formula is C28H35N3O4. The Morgan fingerprint density at radius 3 is 2.57 bits per heavy atom. The van der Waals surface area contributed by atoms with Gasteiger partial charge >= 0.3 is 0 Å². The Hall–Kier alpha value is -3.22. The number of nitrogens with one attached hydrogen (secondary N) is 1. The number of hydrogen-bond acceptors (Lipinski definition) is 4. The van der Waals surface area contributed by atoms with Gasteiger partial charge in [0.05, 0.1) is 24.4 Å². The molecule has 0 unspecified atom stereocenters. The summed E-state index contributed by atoms with van der Waals surface area (Å²) in [6, 6.07) is 11.6. The van der Waals surface area contributed by atoms with Crippen LogP contribution in [0, 0.1) is 5.92 Å². The summed E-state index contributed by atoms with van der Waals surface area (Å²) in [6.07, 6.45) is 5.91. The van der Waals surface area contributed by atoms with Gasteiger partial charge in [0.15, 0.2) is 5.58 Å². The first-order valence-corrected chi connectivity index (χ1v) is 12.7. The molecule has 2 amide bonds. The first-order chi connectivity index (χ1) is 16.7. The molecule has 7 heteroatoms. The van der Waals surface area contributed by atoms with Crippen molar-refractivity contribution < 1.29 is 18.7 Å². The molecule has 1 aliphatic heterocycles. The lowest BCUT2D eigenvalue weighted by atomic mass is 9.86. The molecule has 1 aromatic carbocycles. The molecule has 0 radical (unpaired) electrons. The molecule has 186 valence electrons. The molecule has 5 rings (SSSR count). The summed E-state index contributed by atoms with van der Waals surface area (Å²) >= 11 is 0. The van der Waals surface area contributed by atoms with Gasteiger partial charge in [-0.05, 0) is 70.1 Å². The third-order valence-corrected chi connectivity index (χ3v) is 7.52. The Labute approximate surface area is 206 Å². The summed E-state index contributed by atoms with van der Waals surface area (Å²) in [4.78, 5) is 29.4. The number of amides is 2. The number of carbonyl (C=O) groups excluding carboxylic acids is 2. The van der Waals surface area contributed by atoms with Crippen LogP contribution in [-0.4, -0.2) is 39.0 Å². The number of benzene rings is 1. The number of fused-ring (bicyclic) bond motifs is 3. The maximum atomic E-state index is 13.8. The number of carbonyl (C=O) groups is 2. The minimum absolute atomic E-state index is 0.0882. The second-order valence-corrected chi connectivity index (χ2v) is 10.7. The van der Waals surface area contributed by atoms with Crippen molar-refractivity contribution in [3.8, 4) is 5.75 Å². The molecule has 35 heavy (non-hydrogen) atoms. The molecule has 1 saturated carbocycles.